The Morgan fingerprint density at radius 3 is 2.18 bits per heavy atom. The number of halogens is 3. The van der Waals surface area contributed by atoms with Crippen molar-refractivity contribution in [3.05, 3.63) is 89.0 Å². The maximum Gasteiger partial charge on any atom is 0.416 e. The lowest BCUT2D eigenvalue weighted by Crippen LogP contribution is -2.23. The van der Waals surface area contributed by atoms with Crippen LogP contribution in [0.15, 0.2) is 71.6 Å². The molecule has 174 valence electrons. The van der Waals surface area contributed by atoms with Crippen LogP contribution in [0.4, 0.5) is 18.9 Å². The molecule has 3 aromatic rings. The predicted octanol–water partition coefficient (Wildman–Crippen LogP) is 4.75. The summed E-state index contributed by atoms with van der Waals surface area (Å²) in [5.41, 5.74) is 1.02. The van der Waals surface area contributed by atoms with E-state index in [2.05, 4.69) is 10.0 Å². The average molecular weight is 478 g/mol. The fourth-order valence-corrected chi connectivity index (χ4v) is 4.21. The Bertz CT molecular complexity index is 1240. The third kappa shape index (κ3) is 6.04. The monoisotopic (exact) mass is 478 g/mol. The minimum Gasteiger partial charge on any atom is -0.495 e. The molecule has 1 amide bonds. The van der Waals surface area contributed by atoms with Crippen LogP contribution in [0.3, 0.4) is 0 Å². The van der Waals surface area contributed by atoms with Gasteiger partial charge in [0.15, 0.2) is 0 Å². The fourth-order valence-electron chi connectivity index (χ4n) is 2.96. The number of sulfonamides is 1. The number of carbonyl (C=O) groups excluding carboxylic acids is 1. The van der Waals surface area contributed by atoms with Gasteiger partial charge in [-0.1, -0.05) is 29.8 Å². The Kier molecular flexibility index (Phi) is 6.97. The Labute approximate surface area is 189 Å². The SMILES string of the molecule is COc1ccc(C(=O)NCc2ccc(C(F)(F)F)cc2)cc1S(=O)(=O)Nc1ccc(C)cc1. The molecule has 10 heteroatoms. The summed E-state index contributed by atoms with van der Waals surface area (Å²) in [7, 11) is -2.76. The van der Waals surface area contributed by atoms with Crippen molar-refractivity contribution < 1.29 is 31.1 Å². The lowest BCUT2D eigenvalue weighted by atomic mass is 10.1. The van der Waals surface area contributed by atoms with Crippen molar-refractivity contribution in [3.8, 4) is 5.75 Å². The zero-order valence-electron chi connectivity index (χ0n) is 17.7. The van der Waals surface area contributed by atoms with Crippen LogP contribution in [-0.4, -0.2) is 21.4 Å². The minimum atomic E-state index is -4.45. The van der Waals surface area contributed by atoms with Gasteiger partial charge in [-0.3, -0.25) is 9.52 Å². The standard InChI is InChI=1S/C23H21F3N2O4S/c1-15-3-10-19(11-4-15)28-33(30,31)21-13-17(7-12-20(21)32-2)22(29)27-14-16-5-8-18(9-6-16)23(24,25)26/h3-13,28H,14H2,1-2H3,(H,27,29). The summed E-state index contributed by atoms with van der Waals surface area (Å²) in [6.07, 6.45) is -4.45. The number of carbonyl (C=O) groups is 1. The molecule has 0 aliphatic rings. The number of nitrogens with one attached hydrogen (secondary N) is 2. The lowest BCUT2D eigenvalue weighted by molar-refractivity contribution is -0.137. The minimum absolute atomic E-state index is 0.0350. The number of benzene rings is 3. The van der Waals surface area contributed by atoms with Gasteiger partial charge in [0.1, 0.15) is 10.6 Å². The normalized spacial score (nSPS) is 11.7. The highest BCUT2D eigenvalue weighted by molar-refractivity contribution is 7.92. The number of rotatable bonds is 7. The Morgan fingerprint density at radius 1 is 0.970 bits per heavy atom. The second-order valence-electron chi connectivity index (χ2n) is 7.21. The number of ether oxygens (including phenoxy) is 1. The number of methoxy groups -OCH3 is 1. The molecular weight excluding hydrogens is 457 g/mol. The molecule has 3 rings (SSSR count). The summed E-state index contributed by atoms with van der Waals surface area (Å²) in [6.45, 7) is 1.83. The zero-order chi connectivity index (χ0) is 24.2. The predicted molar refractivity (Wildman–Crippen MR) is 118 cm³/mol. The maximum atomic E-state index is 12.9. The van der Waals surface area contributed by atoms with Crippen molar-refractivity contribution in [2.75, 3.05) is 11.8 Å². The molecule has 0 aliphatic carbocycles. The largest absolute Gasteiger partial charge is 0.495 e. The summed E-state index contributed by atoms with van der Waals surface area (Å²) < 4.78 is 71.4. The molecule has 0 unspecified atom stereocenters. The lowest BCUT2D eigenvalue weighted by Gasteiger charge is -2.14. The number of hydrogen-bond acceptors (Lipinski definition) is 4. The van der Waals surface area contributed by atoms with E-state index < -0.39 is 27.7 Å². The van der Waals surface area contributed by atoms with E-state index in [1.165, 1.54) is 37.4 Å². The molecule has 0 saturated carbocycles. The highest BCUT2D eigenvalue weighted by Crippen LogP contribution is 2.29. The van der Waals surface area contributed by atoms with E-state index >= 15 is 0 Å². The van der Waals surface area contributed by atoms with Crippen LogP contribution in [0.5, 0.6) is 5.75 Å². The van der Waals surface area contributed by atoms with Gasteiger partial charge in [-0.05, 0) is 55.0 Å². The summed E-state index contributed by atoms with van der Waals surface area (Å²) in [4.78, 5) is 12.3. The molecule has 2 N–H and O–H groups in total. The van der Waals surface area contributed by atoms with Gasteiger partial charge in [0.2, 0.25) is 0 Å². The summed E-state index contributed by atoms with van der Waals surface area (Å²) in [6, 6.07) is 15.0. The second kappa shape index (κ2) is 9.53. The third-order valence-electron chi connectivity index (χ3n) is 4.75. The van der Waals surface area contributed by atoms with E-state index in [9.17, 15) is 26.4 Å². The van der Waals surface area contributed by atoms with E-state index in [0.717, 1.165) is 17.7 Å². The molecule has 0 spiro atoms. The molecule has 33 heavy (non-hydrogen) atoms. The van der Waals surface area contributed by atoms with Crippen LogP contribution in [0, 0.1) is 6.92 Å². The maximum absolute atomic E-state index is 12.9. The third-order valence-corrected chi connectivity index (χ3v) is 6.16. The first-order valence-electron chi connectivity index (χ1n) is 9.71. The van der Waals surface area contributed by atoms with Gasteiger partial charge < -0.3 is 10.1 Å². The highest BCUT2D eigenvalue weighted by Gasteiger charge is 2.30. The molecule has 0 saturated heterocycles. The van der Waals surface area contributed by atoms with E-state index in [4.69, 9.17) is 4.74 Å². The first-order valence-corrected chi connectivity index (χ1v) is 11.2. The molecular formula is C23H21F3N2O4S. The molecule has 6 nitrogen and oxygen atoms in total. The van der Waals surface area contributed by atoms with Crippen LogP contribution in [0.2, 0.25) is 0 Å². The molecule has 0 bridgehead atoms. The number of alkyl halides is 3. The molecule has 0 atom stereocenters. The van der Waals surface area contributed by atoms with Crippen molar-refractivity contribution >= 4 is 21.6 Å². The molecule has 0 heterocycles. The zero-order valence-corrected chi connectivity index (χ0v) is 18.5. The fraction of sp³-hybridized carbons (Fsp3) is 0.174. The molecule has 0 aliphatic heterocycles. The van der Waals surface area contributed by atoms with Gasteiger partial charge in [0.25, 0.3) is 15.9 Å². The van der Waals surface area contributed by atoms with Gasteiger partial charge in [-0.15, -0.1) is 0 Å². The topological polar surface area (TPSA) is 84.5 Å². The van der Waals surface area contributed by atoms with Crippen LogP contribution >= 0.6 is 0 Å². The van der Waals surface area contributed by atoms with Crippen molar-refractivity contribution in [1.29, 1.82) is 0 Å². The summed E-state index contributed by atoms with van der Waals surface area (Å²) >= 11 is 0. The van der Waals surface area contributed by atoms with Gasteiger partial charge in [0.05, 0.1) is 12.7 Å². The highest BCUT2D eigenvalue weighted by atomic mass is 32.2. The van der Waals surface area contributed by atoms with Crippen LogP contribution in [-0.2, 0) is 22.7 Å². The quantitative estimate of drug-likeness (QED) is 0.513. The smallest absolute Gasteiger partial charge is 0.416 e. The summed E-state index contributed by atoms with van der Waals surface area (Å²) in [5.74, 6) is -0.543. The Morgan fingerprint density at radius 2 is 1.61 bits per heavy atom. The van der Waals surface area contributed by atoms with Gasteiger partial charge >= 0.3 is 6.18 Å². The van der Waals surface area contributed by atoms with Crippen LogP contribution in [0.1, 0.15) is 27.0 Å². The Hall–Kier alpha value is -3.53. The second-order valence-corrected chi connectivity index (χ2v) is 8.87. The van der Waals surface area contributed by atoms with Gasteiger partial charge in [-0.2, -0.15) is 13.2 Å². The van der Waals surface area contributed by atoms with Crippen molar-refractivity contribution in [3.63, 3.8) is 0 Å². The summed E-state index contributed by atoms with van der Waals surface area (Å²) in [5, 5.41) is 2.57. The Balaban J connectivity index is 1.78. The number of anilines is 1. The number of amides is 1. The first-order chi connectivity index (χ1) is 15.5. The first kappa shape index (κ1) is 24.1. The van der Waals surface area contributed by atoms with Crippen LogP contribution < -0.4 is 14.8 Å². The van der Waals surface area contributed by atoms with Crippen molar-refractivity contribution in [2.45, 2.75) is 24.5 Å². The van der Waals surface area contributed by atoms with Gasteiger partial charge in [-0.25, -0.2) is 8.42 Å². The van der Waals surface area contributed by atoms with Crippen LogP contribution in [0.25, 0.3) is 0 Å². The number of hydrogen-bond donors (Lipinski definition) is 2. The average Bonchev–Trinajstić information content (AvgIpc) is 2.78. The van der Waals surface area contributed by atoms with E-state index in [1.807, 2.05) is 6.92 Å². The van der Waals surface area contributed by atoms with Crippen molar-refractivity contribution in [2.24, 2.45) is 0 Å². The van der Waals surface area contributed by atoms with Gasteiger partial charge in [0, 0.05) is 17.8 Å². The molecule has 0 aromatic heterocycles. The van der Waals surface area contributed by atoms with E-state index in [1.54, 1.807) is 24.3 Å². The molecule has 0 radical (unpaired) electrons. The molecule has 0 fully saturated rings. The van der Waals surface area contributed by atoms with E-state index in [-0.39, 0.29) is 22.8 Å². The molecule has 3 aromatic carbocycles. The van der Waals surface area contributed by atoms with E-state index in [0.29, 0.717) is 11.3 Å². The van der Waals surface area contributed by atoms with Crippen molar-refractivity contribution in [1.82, 2.24) is 5.32 Å². The number of aryl methyl sites for hydroxylation is 1.